The molecule has 9 heteroatoms. The van der Waals surface area contributed by atoms with Crippen LogP contribution >= 0.6 is 0 Å². The summed E-state index contributed by atoms with van der Waals surface area (Å²) in [5, 5.41) is 23.4. The summed E-state index contributed by atoms with van der Waals surface area (Å²) in [6.07, 6.45) is 6.14. The molecule has 0 unspecified atom stereocenters. The van der Waals surface area contributed by atoms with Gasteiger partial charge in [0.15, 0.2) is 17.1 Å². The van der Waals surface area contributed by atoms with Crippen LogP contribution in [0.15, 0.2) is 30.6 Å². The van der Waals surface area contributed by atoms with Gasteiger partial charge in [0.2, 0.25) is 5.95 Å². The highest BCUT2D eigenvalue weighted by Crippen LogP contribution is 2.24. The fraction of sp³-hybridized carbons (Fsp3) is 0.292. The molecule has 0 spiro atoms. The molecule has 8 nitrogen and oxygen atoms in total. The number of hydrogen-bond donors (Lipinski definition) is 3. The number of allylic oxidation sites excluding steroid dienone is 1. The fourth-order valence-corrected chi connectivity index (χ4v) is 3.62. The third-order valence-corrected chi connectivity index (χ3v) is 5.36. The van der Waals surface area contributed by atoms with Crippen molar-refractivity contribution in [1.29, 1.82) is 10.7 Å². The molecule has 170 valence electrons. The molecule has 0 amide bonds. The minimum Gasteiger partial charge on any atom is -0.387 e. The second-order valence-corrected chi connectivity index (χ2v) is 7.63. The molecule has 3 aromatic rings. The van der Waals surface area contributed by atoms with Crippen LogP contribution in [0.3, 0.4) is 0 Å². The Morgan fingerprint density at radius 3 is 2.76 bits per heavy atom. The summed E-state index contributed by atoms with van der Waals surface area (Å²) >= 11 is 0. The molecule has 2 heterocycles. The zero-order chi connectivity index (χ0) is 24.1. The van der Waals surface area contributed by atoms with Crippen LogP contribution in [0.5, 0.6) is 0 Å². The summed E-state index contributed by atoms with van der Waals surface area (Å²) in [4.78, 5) is 20.3. The van der Waals surface area contributed by atoms with E-state index in [1.165, 1.54) is 25.3 Å². The number of anilines is 1. The van der Waals surface area contributed by atoms with Gasteiger partial charge < -0.3 is 10.6 Å². The quantitative estimate of drug-likeness (QED) is 0.430. The highest BCUT2D eigenvalue weighted by Gasteiger charge is 2.17. The highest BCUT2D eigenvalue weighted by atomic mass is 19.1. The first-order valence-corrected chi connectivity index (χ1v) is 10.6. The van der Waals surface area contributed by atoms with Crippen molar-refractivity contribution in [3.63, 3.8) is 0 Å². The number of nitrogens with zero attached hydrogens (tertiary/aromatic N) is 4. The minimum absolute atomic E-state index is 0.176. The van der Waals surface area contributed by atoms with Gasteiger partial charge in [0.25, 0.3) is 0 Å². The number of halogens is 1. The number of fused-ring (bicyclic) bond motifs is 1. The van der Waals surface area contributed by atoms with Crippen LogP contribution in [0, 0.1) is 29.5 Å². The van der Waals surface area contributed by atoms with E-state index in [-0.39, 0.29) is 29.6 Å². The Morgan fingerprint density at radius 1 is 1.36 bits per heavy atom. The number of nitrogens with one attached hydrogen (secondary N) is 3. The van der Waals surface area contributed by atoms with Crippen LogP contribution in [0.4, 0.5) is 10.3 Å². The molecule has 2 aromatic heterocycles. The van der Waals surface area contributed by atoms with Crippen LogP contribution in [0.25, 0.3) is 11.3 Å². The second kappa shape index (κ2) is 10.0. The Kier molecular flexibility index (Phi) is 7.18. The molecule has 3 N–H and O–H groups in total. The number of carbonyl (C=O) groups is 1. The van der Waals surface area contributed by atoms with E-state index in [1.807, 2.05) is 13.0 Å². The Bertz CT molecular complexity index is 1300. The van der Waals surface area contributed by atoms with Gasteiger partial charge in [0.1, 0.15) is 11.9 Å². The van der Waals surface area contributed by atoms with Crippen LogP contribution in [0.2, 0.25) is 0 Å². The lowest BCUT2D eigenvalue weighted by Gasteiger charge is -2.16. The van der Waals surface area contributed by atoms with E-state index in [9.17, 15) is 14.4 Å². The number of nitriles is 1. The number of aromatic nitrogens is 3. The van der Waals surface area contributed by atoms with E-state index in [1.54, 1.807) is 23.7 Å². The van der Waals surface area contributed by atoms with Crippen molar-refractivity contribution in [3.05, 3.63) is 64.4 Å². The van der Waals surface area contributed by atoms with Crippen molar-refractivity contribution >= 4 is 28.8 Å². The first-order chi connectivity index (χ1) is 15.8. The summed E-state index contributed by atoms with van der Waals surface area (Å²) in [5.74, 6) is -0.270. The third-order valence-electron chi connectivity index (χ3n) is 5.36. The van der Waals surface area contributed by atoms with Crippen molar-refractivity contribution in [2.45, 2.75) is 40.2 Å². The van der Waals surface area contributed by atoms with E-state index in [2.05, 4.69) is 27.5 Å². The van der Waals surface area contributed by atoms with Crippen molar-refractivity contribution in [2.75, 3.05) is 12.4 Å². The molecule has 33 heavy (non-hydrogen) atoms. The van der Waals surface area contributed by atoms with Gasteiger partial charge in [-0.15, -0.1) is 0 Å². The largest absolute Gasteiger partial charge is 0.387 e. The third kappa shape index (κ3) is 4.90. The van der Waals surface area contributed by atoms with E-state index < -0.39 is 0 Å². The molecule has 0 saturated heterocycles. The first-order valence-electron chi connectivity index (χ1n) is 10.6. The number of aryl methyl sites for hydroxylation is 1. The molecule has 1 aromatic carbocycles. The lowest BCUT2D eigenvalue weighted by Crippen LogP contribution is -2.14. The molecule has 0 aliphatic carbocycles. The summed E-state index contributed by atoms with van der Waals surface area (Å²) < 4.78 is 16.3. The molecule has 3 rings (SSSR count). The summed E-state index contributed by atoms with van der Waals surface area (Å²) in [5.41, 5.74) is 4.00. The molecular formula is C24H26FN7O. The van der Waals surface area contributed by atoms with E-state index in [4.69, 9.17) is 5.41 Å². The average Bonchev–Trinajstić information content (AvgIpc) is 3.24. The highest BCUT2D eigenvalue weighted by molar-refractivity contribution is 6.43. The fourth-order valence-electron chi connectivity index (χ4n) is 3.62. The molecule has 0 atom stereocenters. The maximum atomic E-state index is 14.6. The zero-order valence-corrected chi connectivity index (χ0v) is 19.1. The number of Topliss-reactive ketones (excluding diaryl/α,β-unsaturated/α-hetero) is 1. The van der Waals surface area contributed by atoms with Gasteiger partial charge in [0.05, 0.1) is 17.5 Å². The number of carbonyl (C=O) groups excluding carboxylic acids is 1. The molecule has 0 saturated carbocycles. The standard InChI is InChI=1S/C24H26FN7O/c1-5-6-17-14(2)7-8-20(25)18(17)11-29-24-30-12-19(22(28-4)9-21(27)15(3)33)23-31-16(10-26)13-32(23)24/h7-9,12-13,27-28H,5-6,11H2,1-4H3,(H,29,30)/b22-9-,27-21?. The Labute approximate surface area is 191 Å². The van der Waals surface area contributed by atoms with Gasteiger partial charge >= 0.3 is 0 Å². The smallest absolute Gasteiger partial charge is 0.208 e. The number of ketones is 1. The summed E-state index contributed by atoms with van der Waals surface area (Å²) in [7, 11) is 1.66. The molecule has 0 bridgehead atoms. The van der Waals surface area contributed by atoms with Crippen molar-refractivity contribution in [2.24, 2.45) is 0 Å². The summed E-state index contributed by atoms with van der Waals surface area (Å²) in [6, 6.07) is 5.27. The molecule has 0 fully saturated rings. The zero-order valence-electron chi connectivity index (χ0n) is 19.1. The minimum atomic E-state index is -0.380. The summed E-state index contributed by atoms with van der Waals surface area (Å²) in [6.45, 7) is 5.55. The molecular weight excluding hydrogens is 421 g/mol. The monoisotopic (exact) mass is 447 g/mol. The van der Waals surface area contributed by atoms with Gasteiger partial charge in [-0.2, -0.15) is 5.26 Å². The molecule has 0 aliphatic heterocycles. The van der Waals surface area contributed by atoms with Gasteiger partial charge in [-0.25, -0.2) is 14.4 Å². The number of benzene rings is 1. The Hall–Kier alpha value is -4.06. The normalized spacial score (nSPS) is 11.3. The first kappa shape index (κ1) is 23.6. The van der Waals surface area contributed by atoms with Crippen LogP contribution in [0.1, 0.15) is 48.2 Å². The van der Waals surface area contributed by atoms with Gasteiger partial charge in [-0.1, -0.05) is 19.4 Å². The van der Waals surface area contributed by atoms with Crippen molar-refractivity contribution in [3.8, 4) is 6.07 Å². The Morgan fingerprint density at radius 2 is 2.12 bits per heavy atom. The lowest BCUT2D eigenvalue weighted by atomic mass is 9.97. The van der Waals surface area contributed by atoms with Crippen molar-refractivity contribution in [1.82, 2.24) is 19.7 Å². The van der Waals surface area contributed by atoms with Gasteiger partial charge in [0, 0.05) is 38.0 Å². The predicted molar refractivity (Wildman–Crippen MR) is 126 cm³/mol. The van der Waals surface area contributed by atoms with E-state index in [0.717, 1.165) is 24.0 Å². The average molecular weight is 448 g/mol. The molecule has 0 aliphatic rings. The maximum Gasteiger partial charge on any atom is 0.208 e. The number of rotatable bonds is 9. The number of imidazole rings is 1. The van der Waals surface area contributed by atoms with Crippen LogP contribution in [-0.4, -0.2) is 32.9 Å². The lowest BCUT2D eigenvalue weighted by molar-refractivity contribution is -0.111. The van der Waals surface area contributed by atoms with E-state index >= 15 is 0 Å². The van der Waals surface area contributed by atoms with Crippen LogP contribution in [-0.2, 0) is 17.8 Å². The maximum absolute atomic E-state index is 14.6. The molecule has 0 radical (unpaired) electrons. The number of hydrogen-bond acceptors (Lipinski definition) is 7. The van der Waals surface area contributed by atoms with Crippen molar-refractivity contribution < 1.29 is 9.18 Å². The SMILES string of the molecule is CCCc1c(C)ccc(F)c1CNc1ncc(/C(=C/C(=N)C(C)=O)NC)c2nc(C#N)cn12. The Balaban J connectivity index is 2.05. The van der Waals surface area contributed by atoms with Crippen LogP contribution < -0.4 is 10.6 Å². The predicted octanol–water partition coefficient (Wildman–Crippen LogP) is 3.78. The van der Waals surface area contributed by atoms with Gasteiger partial charge in [-0.05, 0) is 36.6 Å². The topological polar surface area (TPSA) is 119 Å². The second-order valence-electron chi connectivity index (χ2n) is 7.63. The van der Waals surface area contributed by atoms with Gasteiger partial charge in [-0.3, -0.25) is 14.6 Å². The van der Waals surface area contributed by atoms with E-state index in [0.29, 0.717) is 28.4 Å².